The molecule has 1 aromatic carbocycles. The maximum atomic E-state index is 11.7. The minimum atomic E-state index is -0.990. The summed E-state index contributed by atoms with van der Waals surface area (Å²) in [4.78, 5) is 17.3. The summed E-state index contributed by atoms with van der Waals surface area (Å²) in [7, 11) is 0. The van der Waals surface area contributed by atoms with E-state index >= 15 is 0 Å². The van der Waals surface area contributed by atoms with Crippen LogP contribution >= 0.6 is 11.6 Å². The highest BCUT2D eigenvalue weighted by molar-refractivity contribution is 6.30. The van der Waals surface area contributed by atoms with Crippen LogP contribution in [0.5, 0.6) is 5.88 Å². The summed E-state index contributed by atoms with van der Waals surface area (Å²) in [5, 5.41) is 19.0. The van der Waals surface area contributed by atoms with Gasteiger partial charge in [0.1, 0.15) is 11.9 Å². The molecule has 1 fully saturated rings. The number of rotatable bonds is 3. The standard InChI is InChI=1S/C22H22ClN5O3/c23-16-6-9-18-15(11-16)12-27(22(29)30)13-19-25-26-21(28(18)19)14-4-7-17(8-5-14)31-20-3-1-2-10-24-20/h1-3,6,9-11,14,17H,4-5,7-8,12-13H2,(H,29,30)/t14-,17-. The lowest BCUT2D eigenvalue weighted by molar-refractivity contribution is 0.137. The highest BCUT2D eigenvalue weighted by Gasteiger charge is 2.32. The van der Waals surface area contributed by atoms with Crippen LogP contribution in [0, 0.1) is 0 Å². The van der Waals surface area contributed by atoms with Crippen molar-refractivity contribution < 1.29 is 14.6 Å². The fraction of sp³-hybridized carbons (Fsp3) is 0.364. The van der Waals surface area contributed by atoms with Crippen LogP contribution in [0.25, 0.3) is 5.69 Å². The third kappa shape index (κ3) is 3.95. The Morgan fingerprint density at radius 1 is 1.10 bits per heavy atom. The molecule has 3 aromatic rings. The quantitative estimate of drug-likeness (QED) is 0.649. The van der Waals surface area contributed by atoms with Crippen LogP contribution < -0.4 is 4.74 Å². The zero-order valence-electron chi connectivity index (χ0n) is 16.8. The number of hydrogen-bond donors (Lipinski definition) is 1. The highest BCUT2D eigenvalue weighted by atomic mass is 35.5. The summed E-state index contributed by atoms with van der Waals surface area (Å²) in [5.74, 6) is 2.39. The molecule has 1 amide bonds. The Bertz CT molecular complexity index is 1100. The van der Waals surface area contributed by atoms with Crippen molar-refractivity contribution in [3.63, 3.8) is 0 Å². The van der Waals surface area contributed by atoms with E-state index in [4.69, 9.17) is 16.3 Å². The highest BCUT2D eigenvalue weighted by Crippen LogP contribution is 2.37. The van der Waals surface area contributed by atoms with E-state index < -0.39 is 6.09 Å². The topological polar surface area (TPSA) is 93.4 Å². The fourth-order valence-corrected chi connectivity index (χ4v) is 4.65. The molecule has 1 aliphatic heterocycles. The van der Waals surface area contributed by atoms with E-state index in [1.807, 2.05) is 41.0 Å². The van der Waals surface area contributed by atoms with Gasteiger partial charge >= 0.3 is 6.09 Å². The molecule has 0 unspecified atom stereocenters. The predicted octanol–water partition coefficient (Wildman–Crippen LogP) is 4.41. The van der Waals surface area contributed by atoms with Crippen LogP contribution in [0.15, 0.2) is 42.6 Å². The maximum absolute atomic E-state index is 11.7. The van der Waals surface area contributed by atoms with Crippen molar-refractivity contribution in [3.8, 4) is 11.6 Å². The van der Waals surface area contributed by atoms with E-state index in [9.17, 15) is 9.90 Å². The van der Waals surface area contributed by atoms with Crippen LogP contribution in [0.4, 0.5) is 4.79 Å². The van der Waals surface area contributed by atoms with E-state index in [1.165, 1.54) is 4.90 Å². The molecule has 1 aliphatic carbocycles. The van der Waals surface area contributed by atoms with Gasteiger partial charge in [-0.2, -0.15) is 0 Å². The number of fused-ring (bicyclic) bond motifs is 3. The van der Waals surface area contributed by atoms with Gasteiger partial charge in [0, 0.05) is 23.2 Å². The fourth-order valence-electron chi connectivity index (χ4n) is 4.45. The third-order valence-electron chi connectivity index (χ3n) is 5.97. The largest absolute Gasteiger partial charge is 0.474 e. The summed E-state index contributed by atoms with van der Waals surface area (Å²) in [6.45, 7) is 0.450. The van der Waals surface area contributed by atoms with Gasteiger partial charge in [-0.05, 0) is 55.5 Å². The summed E-state index contributed by atoms with van der Waals surface area (Å²) in [6.07, 6.45) is 4.51. The number of aromatic nitrogens is 4. The first kappa shape index (κ1) is 19.8. The number of amides is 1. The van der Waals surface area contributed by atoms with Gasteiger partial charge in [0.15, 0.2) is 5.82 Å². The number of benzene rings is 1. The van der Waals surface area contributed by atoms with Gasteiger partial charge in [0.25, 0.3) is 0 Å². The number of pyridine rings is 1. The molecule has 1 N–H and O–H groups in total. The van der Waals surface area contributed by atoms with Crippen molar-refractivity contribution in [3.05, 3.63) is 64.8 Å². The second-order valence-electron chi connectivity index (χ2n) is 7.98. The molecule has 8 nitrogen and oxygen atoms in total. The molecule has 1 saturated carbocycles. The normalized spacial score (nSPS) is 20.5. The Morgan fingerprint density at radius 3 is 2.68 bits per heavy atom. The van der Waals surface area contributed by atoms with Crippen LogP contribution in [0.3, 0.4) is 0 Å². The first-order valence-corrected chi connectivity index (χ1v) is 10.7. The van der Waals surface area contributed by atoms with Crippen molar-refractivity contribution in [2.45, 2.75) is 50.8 Å². The zero-order valence-corrected chi connectivity index (χ0v) is 17.6. The molecule has 0 spiro atoms. The Balaban J connectivity index is 1.41. The first-order valence-electron chi connectivity index (χ1n) is 10.4. The number of hydrogen-bond acceptors (Lipinski definition) is 5. The van der Waals surface area contributed by atoms with Crippen LogP contribution in [-0.2, 0) is 13.1 Å². The van der Waals surface area contributed by atoms with Crippen molar-refractivity contribution in [2.24, 2.45) is 0 Å². The van der Waals surface area contributed by atoms with E-state index in [0.717, 1.165) is 42.8 Å². The maximum Gasteiger partial charge on any atom is 0.408 e. The molecule has 0 bridgehead atoms. The number of ether oxygens (including phenoxy) is 1. The van der Waals surface area contributed by atoms with Crippen molar-refractivity contribution in [1.82, 2.24) is 24.6 Å². The van der Waals surface area contributed by atoms with Gasteiger partial charge in [0.2, 0.25) is 5.88 Å². The Hall–Kier alpha value is -3.13. The lowest BCUT2D eigenvalue weighted by atomic mass is 9.86. The zero-order chi connectivity index (χ0) is 21.4. The molecule has 160 valence electrons. The van der Waals surface area contributed by atoms with Crippen molar-refractivity contribution in [1.29, 1.82) is 0 Å². The molecule has 2 aliphatic rings. The molecule has 0 radical (unpaired) electrons. The van der Waals surface area contributed by atoms with Crippen molar-refractivity contribution in [2.75, 3.05) is 0 Å². The Morgan fingerprint density at radius 2 is 1.94 bits per heavy atom. The number of carbonyl (C=O) groups is 1. The molecule has 5 rings (SSSR count). The summed E-state index contributed by atoms with van der Waals surface area (Å²) < 4.78 is 8.05. The SMILES string of the molecule is O=C(O)N1Cc2cc(Cl)ccc2-n2c(nnc2[C@H]2CC[C@H](Oc3ccccn3)CC2)C1. The first-order chi connectivity index (χ1) is 15.1. The van der Waals surface area contributed by atoms with E-state index in [0.29, 0.717) is 16.7 Å². The summed E-state index contributed by atoms with van der Waals surface area (Å²) in [6, 6.07) is 11.2. The Kier molecular flexibility index (Phi) is 5.23. The second-order valence-corrected chi connectivity index (χ2v) is 8.42. The number of carboxylic acid groups (broad SMARTS) is 1. The predicted molar refractivity (Wildman–Crippen MR) is 114 cm³/mol. The Labute approximate surface area is 184 Å². The third-order valence-corrected chi connectivity index (χ3v) is 6.20. The van der Waals surface area contributed by atoms with Gasteiger partial charge in [-0.3, -0.25) is 9.47 Å². The molecule has 0 atom stereocenters. The van der Waals surface area contributed by atoms with E-state index in [1.54, 1.807) is 6.20 Å². The molecule has 2 aromatic heterocycles. The summed E-state index contributed by atoms with van der Waals surface area (Å²) >= 11 is 6.20. The van der Waals surface area contributed by atoms with Gasteiger partial charge < -0.3 is 9.84 Å². The number of nitrogens with zero attached hydrogens (tertiary/aromatic N) is 5. The number of halogens is 1. The molecular weight excluding hydrogens is 418 g/mol. The van der Waals surface area contributed by atoms with Gasteiger partial charge in [-0.15, -0.1) is 10.2 Å². The lowest BCUT2D eigenvalue weighted by Crippen LogP contribution is -2.28. The van der Waals surface area contributed by atoms with Crippen LogP contribution in [0.1, 0.15) is 48.8 Å². The van der Waals surface area contributed by atoms with Crippen molar-refractivity contribution >= 4 is 17.7 Å². The lowest BCUT2D eigenvalue weighted by Gasteiger charge is -2.28. The molecule has 3 heterocycles. The minimum Gasteiger partial charge on any atom is -0.474 e. The van der Waals surface area contributed by atoms with Crippen LogP contribution in [0.2, 0.25) is 5.02 Å². The molecule has 9 heteroatoms. The molecule has 0 saturated heterocycles. The van der Waals surface area contributed by atoms with Gasteiger partial charge in [0.05, 0.1) is 18.8 Å². The summed E-state index contributed by atoms with van der Waals surface area (Å²) in [5.41, 5.74) is 1.75. The van der Waals surface area contributed by atoms with Gasteiger partial charge in [-0.25, -0.2) is 9.78 Å². The van der Waals surface area contributed by atoms with Gasteiger partial charge in [-0.1, -0.05) is 17.7 Å². The van der Waals surface area contributed by atoms with Crippen LogP contribution in [-0.4, -0.2) is 42.0 Å². The smallest absolute Gasteiger partial charge is 0.408 e. The average Bonchev–Trinajstić information content (AvgIpc) is 3.10. The minimum absolute atomic E-state index is 0.131. The second kappa shape index (κ2) is 8.19. The monoisotopic (exact) mass is 439 g/mol. The molecule has 31 heavy (non-hydrogen) atoms. The average molecular weight is 440 g/mol. The van der Waals surface area contributed by atoms with E-state index in [-0.39, 0.29) is 25.1 Å². The molecular formula is C22H22ClN5O3. The van der Waals surface area contributed by atoms with E-state index in [2.05, 4.69) is 15.2 Å².